The molecule has 0 aliphatic carbocycles. The molecular weight excluding hydrogens is 576 g/mol. The Balaban J connectivity index is 0.000000287. The van der Waals surface area contributed by atoms with E-state index >= 15 is 0 Å². The first kappa shape index (κ1) is 28.8. The van der Waals surface area contributed by atoms with Gasteiger partial charge in [0, 0.05) is 35.1 Å². The van der Waals surface area contributed by atoms with Crippen LogP contribution in [0, 0.1) is 0 Å². The number of carbonyl (C=O) groups is 1. The van der Waals surface area contributed by atoms with E-state index in [1.54, 1.807) is 0 Å². The van der Waals surface area contributed by atoms with Crippen LogP contribution in [0.5, 0.6) is 0 Å². The molecule has 0 atom stereocenters. The zero-order valence-corrected chi connectivity index (χ0v) is 24.6. The van der Waals surface area contributed by atoms with Gasteiger partial charge in [-0.15, -0.1) is 0 Å². The largest absolute Gasteiger partial charge is 0.481 e. The van der Waals surface area contributed by atoms with Crippen molar-refractivity contribution >= 4 is 32.9 Å². The molecule has 4 aromatic carbocycles. The summed E-state index contributed by atoms with van der Waals surface area (Å²) < 4.78 is 7.28. The lowest BCUT2D eigenvalue weighted by Gasteiger charge is -2.28. The van der Waals surface area contributed by atoms with Gasteiger partial charge in [-0.1, -0.05) is 76.6 Å². The molecule has 1 aliphatic rings. The number of carboxylic acid groups (broad SMARTS) is 1. The van der Waals surface area contributed by atoms with Gasteiger partial charge < -0.3 is 15.3 Å². The topological polar surface area (TPSA) is 79.7 Å². The van der Waals surface area contributed by atoms with E-state index in [1.807, 2.05) is 18.2 Å². The van der Waals surface area contributed by atoms with Crippen molar-refractivity contribution in [2.45, 2.75) is 32.2 Å². The van der Waals surface area contributed by atoms with Crippen LogP contribution in [-0.2, 0) is 30.6 Å². The number of aliphatic carboxylic acids is 1. The average Bonchev–Trinajstić information content (AvgIpc) is 3.40. The fourth-order valence-corrected chi connectivity index (χ4v) is 5.69. The van der Waals surface area contributed by atoms with Crippen LogP contribution in [0.15, 0.2) is 106 Å². The summed E-state index contributed by atoms with van der Waals surface area (Å²) in [7, 11) is 0. The molecular formula is C35H35BrN2O3. The zero-order valence-electron chi connectivity index (χ0n) is 23.1. The first-order valence-electron chi connectivity index (χ1n) is 14.0. The van der Waals surface area contributed by atoms with Crippen molar-refractivity contribution in [1.82, 2.24) is 4.90 Å². The summed E-state index contributed by atoms with van der Waals surface area (Å²) >= 11 is 3.39. The minimum absolute atomic E-state index is 0.193. The van der Waals surface area contributed by atoms with Gasteiger partial charge in [0.15, 0.2) is 0 Å². The smallest absolute Gasteiger partial charge is 0.304 e. The Kier molecular flexibility index (Phi) is 9.67. The molecule has 0 radical (unpaired) electrons. The van der Waals surface area contributed by atoms with Crippen LogP contribution in [0.3, 0.4) is 0 Å². The number of carboxylic acids is 1. The van der Waals surface area contributed by atoms with E-state index in [4.69, 9.17) is 15.3 Å². The van der Waals surface area contributed by atoms with Gasteiger partial charge in [-0.25, -0.2) is 0 Å². The van der Waals surface area contributed by atoms with Crippen molar-refractivity contribution in [3.05, 3.63) is 129 Å². The lowest BCUT2D eigenvalue weighted by Crippen LogP contribution is -2.32. The van der Waals surface area contributed by atoms with Crippen LogP contribution in [0.1, 0.15) is 34.2 Å². The van der Waals surface area contributed by atoms with Gasteiger partial charge in [0.2, 0.25) is 0 Å². The van der Waals surface area contributed by atoms with Gasteiger partial charge in [-0.2, -0.15) is 0 Å². The van der Waals surface area contributed by atoms with Gasteiger partial charge in [0.25, 0.3) is 0 Å². The summed E-state index contributed by atoms with van der Waals surface area (Å²) in [4.78, 5) is 13.1. The Morgan fingerprint density at radius 3 is 2.49 bits per heavy atom. The fraction of sp³-hybridized carbons (Fsp3) is 0.229. The van der Waals surface area contributed by atoms with Crippen LogP contribution in [0.2, 0.25) is 0 Å². The van der Waals surface area contributed by atoms with Crippen molar-refractivity contribution < 1.29 is 14.3 Å². The van der Waals surface area contributed by atoms with Crippen molar-refractivity contribution in [2.24, 2.45) is 5.73 Å². The molecule has 0 saturated carbocycles. The average molecular weight is 612 g/mol. The quantitative estimate of drug-likeness (QED) is 0.190. The Hall–Kier alpha value is -3.71. The van der Waals surface area contributed by atoms with Gasteiger partial charge in [-0.3, -0.25) is 9.69 Å². The summed E-state index contributed by atoms with van der Waals surface area (Å²) in [6.07, 6.45) is 3.00. The molecule has 210 valence electrons. The molecule has 6 rings (SSSR count). The van der Waals surface area contributed by atoms with Gasteiger partial charge in [0.05, 0.1) is 6.42 Å². The summed E-state index contributed by atoms with van der Waals surface area (Å²) in [5.41, 5.74) is 13.9. The highest BCUT2D eigenvalue weighted by Gasteiger charge is 2.18. The highest BCUT2D eigenvalue weighted by atomic mass is 79.9. The van der Waals surface area contributed by atoms with Gasteiger partial charge >= 0.3 is 5.97 Å². The third-order valence-corrected chi connectivity index (χ3v) is 7.87. The maximum absolute atomic E-state index is 10.8. The van der Waals surface area contributed by atoms with E-state index in [9.17, 15) is 4.79 Å². The van der Waals surface area contributed by atoms with E-state index in [0.717, 1.165) is 65.7 Å². The number of halogens is 1. The predicted octanol–water partition coefficient (Wildman–Crippen LogP) is 7.47. The van der Waals surface area contributed by atoms with E-state index in [-0.39, 0.29) is 6.42 Å². The number of hydrogen-bond donors (Lipinski definition) is 2. The lowest BCUT2D eigenvalue weighted by atomic mass is 9.96. The third kappa shape index (κ3) is 7.94. The molecule has 0 spiro atoms. The molecule has 5 nitrogen and oxygen atoms in total. The standard InChI is InChI=1S/C27H25NO3.C8H10BrN/c29-27(30)11-13-28-12-10-21-16-22(7-8-23(21)18-28)26-17-24-15-20(6-9-25(24)31-26)14-19-4-2-1-3-5-19;9-8-3-1-2-7(6-8)4-5-10/h1-9,15-17H,10-14,18H2,(H,29,30);1-3,6H,4-5,10H2. The fourth-order valence-electron chi connectivity index (χ4n) is 5.25. The molecule has 0 bridgehead atoms. The minimum Gasteiger partial charge on any atom is -0.481 e. The SMILES string of the molecule is NCCc1cccc(Br)c1.O=C(O)CCN1CCc2cc(-c3cc4cc(Cc5ccccc5)ccc4o3)ccc2C1. The molecule has 0 unspecified atom stereocenters. The van der Waals surface area contributed by atoms with Crippen molar-refractivity contribution in [3.8, 4) is 11.3 Å². The van der Waals surface area contributed by atoms with Crippen molar-refractivity contribution in [1.29, 1.82) is 0 Å². The molecule has 1 aromatic heterocycles. The lowest BCUT2D eigenvalue weighted by molar-refractivity contribution is -0.137. The summed E-state index contributed by atoms with van der Waals surface area (Å²) in [6.45, 7) is 3.03. The Bertz CT molecular complexity index is 1610. The van der Waals surface area contributed by atoms with Crippen LogP contribution in [0.25, 0.3) is 22.3 Å². The maximum atomic E-state index is 10.8. The number of benzene rings is 4. The van der Waals surface area contributed by atoms with E-state index in [1.165, 1.54) is 27.8 Å². The highest BCUT2D eigenvalue weighted by Crippen LogP contribution is 2.31. The Labute approximate surface area is 249 Å². The maximum Gasteiger partial charge on any atom is 0.304 e. The molecule has 0 amide bonds. The van der Waals surface area contributed by atoms with Crippen molar-refractivity contribution in [2.75, 3.05) is 19.6 Å². The summed E-state index contributed by atoms with van der Waals surface area (Å²) in [6, 6.07) is 33.8. The van der Waals surface area contributed by atoms with Gasteiger partial charge in [0.1, 0.15) is 11.3 Å². The molecule has 1 aliphatic heterocycles. The minimum atomic E-state index is -0.738. The highest BCUT2D eigenvalue weighted by molar-refractivity contribution is 9.10. The number of rotatable bonds is 8. The van der Waals surface area contributed by atoms with Crippen LogP contribution < -0.4 is 5.73 Å². The number of furan rings is 1. The van der Waals surface area contributed by atoms with Crippen LogP contribution >= 0.6 is 15.9 Å². The van der Waals surface area contributed by atoms with Gasteiger partial charge in [-0.05, 0) is 90.0 Å². The summed E-state index contributed by atoms with van der Waals surface area (Å²) in [5, 5.41) is 10.0. The number of fused-ring (bicyclic) bond motifs is 2. The van der Waals surface area contributed by atoms with Crippen molar-refractivity contribution in [3.63, 3.8) is 0 Å². The predicted molar refractivity (Wildman–Crippen MR) is 169 cm³/mol. The molecule has 5 aromatic rings. The number of hydrogen-bond acceptors (Lipinski definition) is 4. The van der Waals surface area contributed by atoms with E-state index in [0.29, 0.717) is 6.54 Å². The number of nitrogens with two attached hydrogens (primary N) is 1. The second-order valence-corrected chi connectivity index (χ2v) is 11.4. The van der Waals surface area contributed by atoms with E-state index in [2.05, 4.69) is 99.7 Å². The third-order valence-electron chi connectivity index (χ3n) is 7.38. The second kappa shape index (κ2) is 13.8. The molecule has 2 heterocycles. The van der Waals surface area contributed by atoms with Crippen LogP contribution in [-0.4, -0.2) is 35.6 Å². The van der Waals surface area contributed by atoms with E-state index < -0.39 is 5.97 Å². The normalized spacial score (nSPS) is 12.9. The Morgan fingerprint density at radius 1 is 0.878 bits per heavy atom. The Morgan fingerprint density at radius 2 is 1.71 bits per heavy atom. The number of nitrogens with zero attached hydrogens (tertiary/aromatic N) is 1. The molecule has 3 N–H and O–H groups in total. The van der Waals surface area contributed by atoms with Crippen LogP contribution in [0.4, 0.5) is 0 Å². The monoisotopic (exact) mass is 610 g/mol. The molecule has 0 fully saturated rings. The summed E-state index contributed by atoms with van der Waals surface area (Å²) in [5.74, 6) is 0.154. The first-order chi connectivity index (χ1) is 20.0. The molecule has 0 saturated heterocycles. The first-order valence-corrected chi connectivity index (χ1v) is 14.8. The zero-order chi connectivity index (χ0) is 28.6. The molecule has 6 heteroatoms. The molecule has 41 heavy (non-hydrogen) atoms. The second-order valence-electron chi connectivity index (χ2n) is 10.5.